The SMILES string of the molecule is CNc1nc2c(Br)cc(Br)cc2cc1C(C)(C)C. The first-order chi connectivity index (χ1) is 8.32. The average Bonchev–Trinajstić information content (AvgIpc) is 2.26. The molecule has 0 bridgehead atoms. The van der Waals surface area contributed by atoms with E-state index in [2.05, 4.69) is 70.1 Å². The molecular weight excluding hydrogens is 356 g/mol. The van der Waals surface area contributed by atoms with E-state index in [0.29, 0.717) is 0 Å². The highest BCUT2D eigenvalue weighted by atomic mass is 79.9. The van der Waals surface area contributed by atoms with Crippen LogP contribution in [0.3, 0.4) is 0 Å². The van der Waals surface area contributed by atoms with Crippen molar-refractivity contribution in [2.45, 2.75) is 26.2 Å². The summed E-state index contributed by atoms with van der Waals surface area (Å²) in [6.45, 7) is 6.59. The molecule has 0 fully saturated rings. The normalized spacial score (nSPS) is 11.9. The van der Waals surface area contributed by atoms with Crippen LogP contribution in [-0.2, 0) is 5.41 Å². The smallest absolute Gasteiger partial charge is 0.130 e. The molecule has 0 atom stereocenters. The molecule has 2 rings (SSSR count). The van der Waals surface area contributed by atoms with E-state index in [1.54, 1.807) is 0 Å². The van der Waals surface area contributed by atoms with E-state index < -0.39 is 0 Å². The third-order valence-corrected chi connectivity index (χ3v) is 3.94. The molecule has 0 unspecified atom stereocenters. The van der Waals surface area contributed by atoms with Gasteiger partial charge in [-0.3, -0.25) is 0 Å². The third-order valence-electron chi connectivity index (χ3n) is 2.88. The fraction of sp³-hybridized carbons (Fsp3) is 0.357. The summed E-state index contributed by atoms with van der Waals surface area (Å²) in [6, 6.07) is 6.33. The van der Waals surface area contributed by atoms with Gasteiger partial charge in [0.25, 0.3) is 0 Å². The lowest BCUT2D eigenvalue weighted by molar-refractivity contribution is 0.591. The van der Waals surface area contributed by atoms with E-state index in [9.17, 15) is 0 Å². The molecule has 18 heavy (non-hydrogen) atoms. The Morgan fingerprint density at radius 2 is 1.78 bits per heavy atom. The van der Waals surface area contributed by atoms with Crippen molar-refractivity contribution in [3.63, 3.8) is 0 Å². The average molecular weight is 372 g/mol. The van der Waals surface area contributed by atoms with E-state index in [-0.39, 0.29) is 5.41 Å². The van der Waals surface area contributed by atoms with Crippen molar-refractivity contribution in [2.24, 2.45) is 0 Å². The number of aromatic nitrogens is 1. The predicted octanol–water partition coefficient (Wildman–Crippen LogP) is 5.10. The van der Waals surface area contributed by atoms with Crippen LogP contribution in [0.15, 0.2) is 27.1 Å². The molecular formula is C14H16Br2N2. The van der Waals surface area contributed by atoms with Crippen molar-refractivity contribution in [1.82, 2.24) is 4.98 Å². The van der Waals surface area contributed by atoms with Crippen LogP contribution >= 0.6 is 31.9 Å². The molecule has 2 aromatic rings. The zero-order chi connectivity index (χ0) is 13.5. The lowest BCUT2D eigenvalue weighted by Crippen LogP contribution is -2.15. The van der Waals surface area contributed by atoms with Gasteiger partial charge in [0, 0.05) is 26.9 Å². The summed E-state index contributed by atoms with van der Waals surface area (Å²) in [7, 11) is 1.91. The molecule has 1 heterocycles. The van der Waals surface area contributed by atoms with Gasteiger partial charge in [-0.25, -0.2) is 4.98 Å². The van der Waals surface area contributed by atoms with E-state index >= 15 is 0 Å². The van der Waals surface area contributed by atoms with Gasteiger partial charge in [-0.2, -0.15) is 0 Å². The van der Waals surface area contributed by atoms with Crippen molar-refractivity contribution < 1.29 is 0 Å². The highest BCUT2D eigenvalue weighted by molar-refractivity contribution is 9.11. The number of hydrogen-bond acceptors (Lipinski definition) is 2. The molecule has 0 aliphatic rings. The number of benzene rings is 1. The number of anilines is 1. The minimum atomic E-state index is 0.0638. The Labute approximate surface area is 124 Å². The molecule has 1 aromatic heterocycles. The first-order valence-corrected chi connectivity index (χ1v) is 7.39. The van der Waals surface area contributed by atoms with Gasteiger partial charge >= 0.3 is 0 Å². The molecule has 0 saturated carbocycles. The topological polar surface area (TPSA) is 24.9 Å². The van der Waals surface area contributed by atoms with E-state index in [1.165, 1.54) is 5.56 Å². The molecule has 0 saturated heterocycles. The molecule has 0 aliphatic carbocycles. The Balaban J connectivity index is 2.81. The summed E-state index contributed by atoms with van der Waals surface area (Å²) in [5, 5.41) is 4.33. The lowest BCUT2D eigenvalue weighted by Gasteiger charge is -2.22. The number of rotatable bonds is 1. The van der Waals surface area contributed by atoms with Crippen molar-refractivity contribution in [1.29, 1.82) is 0 Å². The van der Waals surface area contributed by atoms with Gasteiger partial charge in [0.05, 0.1) is 5.52 Å². The lowest BCUT2D eigenvalue weighted by atomic mass is 9.86. The molecule has 0 amide bonds. The van der Waals surface area contributed by atoms with Crippen molar-refractivity contribution in [2.75, 3.05) is 12.4 Å². The standard InChI is InChI=1S/C14H16Br2N2/c1-14(2,3)10-6-8-5-9(15)7-11(16)12(8)18-13(10)17-4/h5-7H,1-4H3,(H,17,18). The molecule has 1 aromatic carbocycles. The van der Waals surface area contributed by atoms with Crippen molar-refractivity contribution >= 4 is 48.6 Å². The monoisotopic (exact) mass is 370 g/mol. The van der Waals surface area contributed by atoms with Crippen molar-refractivity contribution in [3.8, 4) is 0 Å². The van der Waals surface area contributed by atoms with Gasteiger partial charge < -0.3 is 5.32 Å². The quantitative estimate of drug-likeness (QED) is 0.754. The summed E-state index contributed by atoms with van der Waals surface area (Å²) in [6.07, 6.45) is 0. The number of nitrogens with one attached hydrogen (secondary N) is 1. The minimum Gasteiger partial charge on any atom is -0.373 e. The number of nitrogens with zero attached hydrogens (tertiary/aromatic N) is 1. The minimum absolute atomic E-state index is 0.0638. The summed E-state index contributed by atoms with van der Waals surface area (Å²) >= 11 is 7.09. The maximum atomic E-state index is 4.72. The summed E-state index contributed by atoms with van der Waals surface area (Å²) in [5.74, 6) is 0.943. The second kappa shape index (κ2) is 4.82. The van der Waals surface area contributed by atoms with Crippen LogP contribution in [0.1, 0.15) is 26.3 Å². The third kappa shape index (κ3) is 2.54. The number of halogens is 2. The Kier molecular flexibility index (Phi) is 3.70. The summed E-state index contributed by atoms with van der Waals surface area (Å²) in [4.78, 5) is 4.72. The zero-order valence-corrected chi connectivity index (χ0v) is 14.1. The largest absolute Gasteiger partial charge is 0.373 e. The van der Waals surface area contributed by atoms with Gasteiger partial charge in [0.2, 0.25) is 0 Å². The molecule has 96 valence electrons. The number of pyridine rings is 1. The molecule has 4 heteroatoms. The van der Waals surface area contributed by atoms with Crippen LogP contribution in [0.2, 0.25) is 0 Å². The van der Waals surface area contributed by atoms with Crippen LogP contribution in [0.25, 0.3) is 10.9 Å². The number of hydrogen-bond donors (Lipinski definition) is 1. The van der Waals surface area contributed by atoms with Crippen molar-refractivity contribution in [3.05, 3.63) is 32.7 Å². The fourth-order valence-corrected chi connectivity index (χ4v) is 3.32. The predicted molar refractivity (Wildman–Crippen MR) is 85.4 cm³/mol. The zero-order valence-electron chi connectivity index (χ0n) is 10.9. The van der Waals surface area contributed by atoms with Gasteiger partial charge in [0.1, 0.15) is 5.82 Å². The maximum Gasteiger partial charge on any atom is 0.130 e. The number of fused-ring (bicyclic) bond motifs is 1. The highest BCUT2D eigenvalue weighted by Crippen LogP contribution is 2.34. The first kappa shape index (κ1) is 13.8. The summed E-state index contributed by atoms with van der Waals surface area (Å²) in [5.41, 5.74) is 2.27. The van der Waals surface area contributed by atoms with Gasteiger partial charge in [-0.05, 0) is 39.5 Å². The molecule has 2 nitrogen and oxygen atoms in total. The van der Waals surface area contributed by atoms with E-state index in [4.69, 9.17) is 4.98 Å². The molecule has 0 spiro atoms. The summed E-state index contributed by atoms with van der Waals surface area (Å²) < 4.78 is 2.06. The van der Waals surface area contributed by atoms with Crippen LogP contribution in [0.4, 0.5) is 5.82 Å². The molecule has 1 N–H and O–H groups in total. The first-order valence-electron chi connectivity index (χ1n) is 5.81. The van der Waals surface area contributed by atoms with Gasteiger partial charge in [-0.15, -0.1) is 0 Å². The Morgan fingerprint density at radius 3 is 2.33 bits per heavy atom. The highest BCUT2D eigenvalue weighted by Gasteiger charge is 2.20. The van der Waals surface area contributed by atoms with Crippen LogP contribution < -0.4 is 5.32 Å². The Hall–Kier alpha value is -0.610. The van der Waals surface area contributed by atoms with E-state index in [0.717, 1.165) is 25.7 Å². The second-order valence-electron chi connectivity index (χ2n) is 5.34. The van der Waals surface area contributed by atoms with E-state index in [1.807, 2.05) is 13.1 Å². The Bertz CT molecular complexity index is 601. The van der Waals surface area contributed by atoms with Crippen LogP contribution in [-0.4, -0.2) is 12.0 Å². The Morgan fingerprint density at radius 1 is 1.11 bits per heavy atom. The fourth-order valence-electron chi connectivity index (χ4n) is 1.97. The molecule has 0 aliphatic heterocycles. The van der Waals surface area contributed by atoms with Gasteiger partial charge in [0.15, 0.2) is 0 Å². The van der Waals surface area contributed by atoms with Crippen LogP contribution in [0, 0.1) is 0 Å². The van der Waals surface area contributed by atoms with Crippen LogP contribution in [0.5, 0.6) is 0 Å². The maximum absolute atomic E-state index is 4.72. The second-order valence-corrected chi connectivity index (χ2v) is 7.11. The van der Waals surface area contributed by atoms with Gasteiger partial charge in [-0.1, -0.05) is 36.7 Å². The molecule has 0 radical (unpaired) electrons.